The minimum absolute atomic E-state index is 0.0609. The largest absolute Gasteiger partial charge is 0.422 e. The van der Waals surface area contributed by atoms with Crippen molar-refractivity contribution in [3.8, 4) is 11.8 Å². The molecule has 98 valence electrons. The molecule has 1 heterocycles. The van der Waals surface area contributed by atoms with Crippen LogP contribution in [0.25, 0.3) is 0 Å². The number of aromatic nitrogens is 2. The molecule has 0 amide bonds. The lowest BCUT2D eigenvalue weighted by Gasteiger charge is -2.06. The standard InChI is InChI=1S/C10H6BrClN4O3/c11-8-4-9(13)15-10(14-8)19-7-3-5(16(17)18)1-2-6(7)12/h1-4H,(H2,13,14,15). The van der Waals surface area contributed by atoms with Crippen LogP contribution in [0.5, 0.6) is 11.8 Å². The summed E-state index contributed by atoms with van der Waals surface area (Å²) in [5.74, 6) is 0.270. The van der Waals surface area contributed by atoms with Gasteiger partial charge in [0.05, 0.1) is 16.0 Å². The Morgan fingerprint density at radius 1 is 1.37 bits per heavy atom. The summed E-state index contributed by atoms with van der Waals surface area (Å²) in [4.78, 5) is 17.9. The van der Waals surface area contributed by atoms with Crippen LogP contribution in [0, 0.1) is 10.1 Å². The second-order valence-corrected chi connectivity index (χ2v) is 4.59. The first kappa shape index (κ1) is 13.5. The first-order chi connectivity index (χ1) is 8.95. The van der Waals surface area contributed by atoms with Crippen LogP contribution < -0.4 is 10.5 Å². The van der Waals surface area contributed by atoms with Crippen LogP contribution in [0.15, 0.2) is 28.9 Å². The summed E-state index contributed by atoms with van der Waals surface area (Å²) >= 11 is 9.01. The molecule has 1 aromatic carbocycles. The Labute approximate surface area is 120 Å². The number of ether oxygens (including phenoxy) is 1. The molecule has 0 unspecified atom stereocenters. The van der Waals surface area contributed by atoms with E-state index in [0.717, 1.165) is 0 Å². The summed E-state index contributed by atoms with van der Waals surface area (Å²) in [6.45, 7) is 0. The Morgan fingerprint density at radius 3 is 2.74 bits per heavy atom. The van der Waals surface area contributed by atoms with Crippen molar-refractivity contribution in [3.05, 3.63) is 44.0 Å². The zero-order valence-corrected chi connectivity index (χ0v) is 11.6. The highest BCUT2D eigenvalue weighted by Gasteiger charge is 2.13. The van der Waals surface area contributed by atoms with Crippen molar-refractivity contribution in [1.29, 1.82) is 0 Å². The molecular formula is C10H6BrClN4O3. The average molecular weight is 346 g/mol. The number of halogens is 2. The summed E-state index contributed by atoms with van der Waals surface area (Å²) in [5, 5.41) is 10.9. The molecule has 0 fully saturated rings. The number of hydrogen-bond donors (Lipinski definition) is 1. The summed E-state index contributed by atoms with van der Waals surface area (Å²) in [5.41, 5.74) is 5.38. The number of non-ortho nitro benzene ring substituents is 1. The van der Waals surface area contributed by atoms with Gasteiger partial charge in [0.2, 0.25) is 0 Å². The Kier molecular flexibility index (Phi) is 3.82. The second kappa shape index (κ2) is 5.37. The molecular weight excluding hydrogens is 339 g/mol. The molecule has 2 N–H and O–H groups in total. The van der Waals surface area contributed by atoms with Gasteiger partial charge in [-0.05, 0) is 22.0 Å². The molecule has 0 aliphatic heterocycles. The van der Waals surface area contributed by atoms with E-state index in [4.69, 9.17) is 22.1 Å². The third-order valence-corrected chi connectivity index (χ3v) is 2.74. The number of nitro benzene ring substituents is 1. The molecule has 0 aliphatic carbocycles. The van der Waals surface area contributed by atoms with E-state index >= 15 is 0 Å². The molecule has 0 radical (unpaired) electrons. The number of nitrogens with two attached hydrogens (primary N) is 1. The molecule has 0 atom stereocenters. The average Bonchev–Trinajstić information content (AvgIpc) is 2.30. The zero-order valence-electron chi connectivity index (χ0n) is 9.21. The number of nitrogen functional groups attached to an aromatic ring is 1. The smallest absolute Gasteiger partial charge is 0.325 e. The highest BCUT2D eigenvalue weighted by atomic mass is 79.9. The second-order valence-electron chi connectivity index (χ2n) is 3.37. The van der Waals surface area contributed by atoms with Crippen molar-refractivity contribution in [3.63, 3.8) is 0 Å². The van der Waals surface area contributed by atoms with Crippen molar-refractivity contribution in [1.82, 2.24) is 9.97 Å². The number of nitrogens with zero attached hydrogens (tertiary/aromatic N) is 3. The van der Waals surface area contributed by atoms with Crippen molar-refractivity contribution < 1.29 is 9.66 Å². The lowest BCUT2D eigenvalue weighted by atomic mass is 10.3. The number of nitro groups is 1. The van der Waals surface area contributed by atoms with Gasteiger partial charge in [0.15, 0.2) is 5.75 Å². The van der Waals surface area contributed by atoms with Crippen LogP contribution in [0.1, 0.15) is 0 Å². The van der Waals surface area contributed by atoms with Gasteiger partial charge in [-0.2, -0.15) is 9.97 Å². The van der Waals surface area contributed by atoms with Crippen molar-refractivity contribution >= 4 is 39.0 Å². The molecule has 2 aromatic rings. The Hall–Kier alpha value is -1.93. The lowest BCUT2D eigenvalue weighted by Crippen LogP contribution is -1.98. The van der Waals surface area contributed by atoms with Gasteiger partial charge in [-0.1, -0.05) is 11.6 Å². The van der Waals surface area contributed by atoms with Gasteiger partial charge in [0, 0.05) is 12.1 Å². The third-order valence-electron chi connectivity index (χ3n) is 2.02. The van der Waals surface area contributed by atoms with E-state index in [1.807, 2.05) is 0 Å². The maximum absolute atomic E-state index is 10.7. The van der Waals surface area contributed by atoms with E-state index in [-0.39, 0.29) is 28.3 Å². The van der Waals surface area contributed by atoms with E-state index in [1.54, 1.807) is 0 Å². The van der Waals surface area contributed by atoms with Crippen LogP contribution in [-0.2, 0) is 0 Å². The van der Waals surface area contributed by atoms with Gasteiger partial charge in [-0.15, -0.1) is 0 Å². The highest BCUT2D eigenvalue weighted by molar-refractivity contribution is 9.10. The summed E-state index contributed by atoms with van der Waals surface area (Å²) in [7, 11) is 0. The van der Waals surface area contributed by atoms with Crippen molar-refractivity contribution in [2.24, 2.45) is 0 Å². The van der Waals surface area contributed by atoms with E-state index in [1.165, 1.54) is 24.3 Å². The monoisotopic (exact) mass is 344 g/mol. The predicted molar refractivity (Wildman–Crippen MR) is 72.3 cm³/mol. The van der Waals surface area contributed by atoms with Crippen LogP contribution in [0.2, 0.25) is 5.02 Å². The van der Waals surface area contributed by atoms with Gasteiger partial charge in [-0.3, -0.25) is 10.1 Å². The summed E-state index contributed by atoms with van der Waals surface area (Å²) in [6.07, 6.45) is 0. The maximum Gasteiger partial charge on any atom is 0.325 e. The zero-order chi connectivity index (χ0) is 14.0. The van der Waals surface area contributed by atoms with E-state index in [0.29, 0.717) is 4.60 Å². The first-order valence-corrected chi connectivity index (χ1v) is 6.04. The molecule has 9 heteroatoms. The number of anilines is 1. The molecule has 0 saturated heterocycles. The molecule has 7 nitrogen and oxygen atoms in total. The van der Waals surface area contributed by atoms with Crippen LogP contribution in [-0.4, -0.2) is 14.9 Å². The minimum Gasteiger partial charge on any atom is -0.422 e. The fraction of sp³-hybridized carbons (Fsp3) is 0. The molecule has 0 bridgehead atoms. The van der Waals surface area contributed by atoms with Crippen molar-refractivity contribution in [2.75, 3.05) is 5.73 Å². The van der Waals surface area contributed by atoms with Gasteiger partial charge in [-0.25, -0.2) is 0 Å². The quantitative estimate of drug-likeness (QED) is 0.520. The number of rotatable bonds is 3. The minimum atomic E-state index is -0.556. The van der Waals surface area contributed by atoms with Crippen LogP contribution in [0.4, 0.5) is 11.5 Å². The Bertz CT molecular complexity index is 632. The maximum atomic E-state index is 10.7. The number of benzene rings is 1. The lowest BCUT2D eigenvalue weighted by molar-refractivity contribution is -0.384. The summed E-state index contributed by atoms with van der Waals surface area (Å²) < 4.78 is 5.72. The molecule has 19 heavy (non-hydrogen) atoms. The fourth-order valence-corrected chi connectivity index (χ4v) is 1.78. The van der Waals surface area contributed by atoms with E-state index in [2.05, 4.69) is 25.9 Å². The summed E-state index contributed by atoms with van der Waals surface area (Å²) in [6, 6.07) is 5.24. The fourth-order valence-electron chi connectivity index (χ4n) is 1.24. The van der Waals surface area contributed by atoms with E-state index in [9.17, 15) is 10.1 Å². The SMILES string of the molecule is Nc1cc(Br)nc(Oc2cc([N+](=O)[O-])ccc2Cl)n1. The molecule has 0 aliphatic rings. The van der Waals surface area contributed by atoms with Crippen LogP contribution in [0.3, 0.4) is 0 Å². The number of hydrogen-bond acceptors (Lipinski definition) is 6. The van der Waals surface area contributed by atoms with Gasteiger partial charge in [0.1, 0.15) is 10.4 Å². The Morgan fingerprint density at radius 2 is 2.11 bits per heavy atom. The third kappa shape index (κ3) is 3.30. The highest BCUT2D eigenvalue weighted by Crippen LogP contribution is 2.32. The van der Waals surface area contributed by atoms with Gasteiger partial charge < -0.3 is 10.5 Å². The first-order valence-electron chi connectivity index (χ1n) is 4.87. The molecule has 0 spiro atoms. The Balaban J connectivity index is 2.37. The van der Waals surface area contributed by atoms with Crippen molar-refractivity contribution in [2.45, 2.75) is 0 Å². The topological polar surface area (TPSA) is 104 Å². The predicted octanol–water partition coefficient (Wildman–Crippen LogP) is 3.18. The molecule has 2 rings (SSSR count). The van der Waals surface area contributed by atoms with Crippen LogP contribution >= 0.6 is 27.5 Å². The normalized spacial score (nSPS) is 10.2. The molecule has 0 saturated carbocycles. The molecule has 1 aromatic heterocycles. The van der Waals surface area contributed by atoms with E-state index < -0.39 is 4.92 Å². The van der Waals surface area contributed by atoms with Gasteiger partial charge in [0.25, 0.3) is 5.69 Å². The van der Waals surface area contributed by atoms with Gasteiger partial charge >= 0.3 is 6.01 Å².